The molecule has 0 N–H and O–H groups in total. The van der Waals surface area contributed by atoms with Gasteiger partial charge in [-0.05, 0) is 96.4 Å². The van der Waals surface area contributed by atoms with Gasteiger partial charge in [0.15, 0.2) is 5.54 Å². The SMILES string of the molecule is CCN(CC)C(=O)c1ccccc1C1=c2cc3c(cc2Oc2cc4c(cc21)C(C)=CC(C)(C)N4CC)=[N+](CC)C(C)(C)C=C3C.[O-][Cl+3]([O-])([O-])[O-]. The lowest BCUT2D eigenvalue weighted by atomic mass is 9.83. The van der Waals surface area contributed by atoms with Crippen LogP contribution < -0.4 is 43.4 Å². The van der Waals surface area contributed by atoms with Crippen LogP contribution in [-0.4, -0.2) is 48.1 Å². The summed E-state index contributed by atoms with van der Waals surface area (Å²) < 4.78 is 43.4. The average molecular weight is 702 g/mol. The maximum absolute atomic E-state index is 14.0. The first-order valence-electron chi connectivity index (χ1n) is 17.2. The van der Waals surface area contributed by atoms with E-state index in [1.165, 1.54) is 33.3 Å². The third-order valence-electron chi connectivity index (χ3n) is 10.0. The minimum atomic E-state index is -4.94. The van der Waals surface area contributed by atoms with Crippen LogP contribution >= 0.6 is 0 Å². The number of halogens is 1. The summed E-state index contributed by atoms with van der Waals surface area (Å²) in [6, 6.07) is 17.2. The highest BCUT2D eigenvalue weighted by molar-refractivity contribution is 6.02. The van der Waals surface area contributed by atoms with Gasteiger partial charge < -0.3 is 14.5 Å². The molecule has 0 unspecified atom stereocenters. The fourth-order valence-electron chi connectivity index (χ4n) is 8.05. The first-order valence-corrected chi connectivity index (χ1v) is 18.5. The zero-order valence-corrected chi connectivity index (χ0v) is 31.5. The molecule has 3 aliphatic rings. The molecule has 3 aromatic carbocycles. The highest BCUT2D eigenvalue weighted by Crippen LogP contribution is 2.46. The standard InChI is InChI=1S/C40H48N3O2.ClHO4/c1-11-41(12-2)38(44)28-18-16-15-17-27(28)37-31-19-29-25(5)23-39(7,8)42(13-3)33(29)21-35(31)45-36-22-34-30(20-32(36)37)26(6)24-40(9,10)43(34)14-4;2-1(3,4)5/h15-24H,11-14H2,1-10H3;(H,2,3,4,5)/q+1;/p-1. The Morgan fingerprint density at radius 1 is 0.820 bits per heavy atom. The van der Waals surface area contributed by atoms with Gasteiger partial charge in [-0.3, -0.25) is 4.79 Å². The van der Waals surface area contributed by atoms with Crippen molar-refractivity contribution in [1.29, 1.82) is 0 Å². The number of hydrogen-bond donors (Lipinski definition) is 0. The number of fused-ring (bicyclic) bond motifs is 4. The van der Waals surface area contributed by atoms with Gasteiger partial charge in [0, 0.05) is 78.3 Å². The number of ether oxygens (including phenoxy) is 1. The van der Waals surface area contributed by atoms with Gasteiger partial charge in [0.25, 0.3) is 5.91 Å². The fraction of sp³-hybridized carbons (Fsp3) is 0.400. The van der Waals surface area contributed by atoms with E-state index in [1.54, 1.807) is 0 Å². The molecule has 0 aliphatic carbocycles. The molecule has 0 radical (unpaired) electrons. The second-order valence-corrected chi connectivity index (χ2v) is 14.8. The molecule has 0 fully saturated rings. The van der Waals surface area contributed by atoms with Crippen LogP contribution in [0.25, 0.3) is 16.7 Å². The van der Waals surface area contributed by atoms with Crippen molar-refractivity contribution in [2.75, 3.05) is 31.1 Å². The highest BCUT2D eigenvalue weighted by atomic mass is 35.7. The van der Waals surface area contributed by atoms with E-state index in [0.29, 0.717) is 13.1 Å². The molecular weight excluding hydrogens is 654 g/mol. The predicted octanol–water partition coefficient (Wildman–Crippen LogP) is 2.49. The number of amides is 1. The van der Waals surface area contributed by atoms with Crippen LogP contribution in [0.4, 0.5) is 5.69 Å². The Labute approximate surface area is 297 Å². The lowest BCUT2D eigenvalue weighted by molar-refractivity contribution is -2.00. The molecule has 0 saturated heterocycles. The number of likely N-dealkylation sites (N-methyl/N-ethyl adjacent to an activating group) is 2. The van der Waals surface area contributed by atoms with Crippen LogP contribution in [0.2, 0.25) is 0 Å². The molecule has 50 heavy (non-hydrogen) atoms. The molecule has 10 heteroatoms. The van der Waals surface area contributed by atoms with Gasteiger partial charge in [-0.15, -0.1) is 10.2 Å². The molecule has 6 rings (SSSR count). The summed E-state index contributed by atoms with van der Waals surface area (Å²) in [6.07, 6.45) is 4.73. The first kappa shape index (κ1) is 37.3. The van der Waals surface area contributed by atoms with Gasteiger partial charge in [-0.1, -0.05) is 24.3 Å². The summed E-state index contributed by atoms with van der Waals surface area (Å²) in [4.78, 5) is 18.4. The molecule has 9 nitrogen and oxygen atoms in total. The van der Waals surface area contributed by atoms with Crippen LogP contribution in [0, 0.1) is 10.2 Å². The minimum absolute atomic E-state index is 0.0542. The van der Waals surface area contributed by atoms with E-state index < -0.39 is 10.2 Å². The molecule has 266 valence electrons. The molecule has 0 bridgehead atoms. The summed E-state index contributed by atoms with van der Waals surface area (Å²) in [5.41, 5.74) is 9.62. The summed E-state index contributed by atoms with van der Waals surface area (Å²) in [7, 11) is -4.94. The van der Waals surface area contributed by atoms with Crippen LogP contribution in [0.3, 0.4) is 0 Å². The quantitative estimate of drug-likeness (QED) is 0.283. The Morgan fingerprint density at radius 3 is 2.04 bits per heavy atom. The normalized spacial score (nSPS) is 16.8. The molecule has 3 heterocycles. The molecule has 3 aliphatic heterocycles. The van der Waals surface area contributed by atoms with Crippen LogP contribution in [-0.2, 0) is 0 Å². The largest absolute Gasteiger partial charge is 0.456 e. The van der Waals surface area contributed by atoms with Crippen LogP contribution in [0.1, 0.15) is 102 Å². The fourth-order valence-corrected chi connectivity index (χ4v) is 8.05. The maximum Gasteiger partial charge on any atom is 0.254 e. The van der Waals surface area contributed by atoms with E-state index in [4.69, 9.17) is 23.4 Å². The van der Waals surface area contributed by atoms with Crippen molar-refractivity contribution < 1.29 is 38.4 Å². The van der Waals surface area contributed by atoms with Crippen molar-refractivity contribution in [3.05, 3.63) is 99.1 Å². The van der Waals surface area contributed by atoms with E-state index in [0.717, 1.165) is 52.1 Å². The Balaban J connectivity index is 0.000000908. The van der Waals surface area contributed by atoms with E-state index in [-0.39, 0.29) is 17.0 Å². The smallest absolute Gasteiger partial charge is 0.254 e. The number of carbonyl (C=O) groups is 1. The third-order valence-corrected chi connectivity index (χ3v) is 10.0. The van der Waals surface area contributed by atoms with Gasteiger partial charge in [0.1, 0.15) is 18.0 Å². The van der Waals surface area contributed by atoms with Crippen molar-refractivity contribution >= 4 is 28.3 Å². The number of benzene rings is 3. The number of carbonyl (C=O) groups excluding carboxylic acids is 1. The molecule has 0 spiro atoms. The topological polar surface area (TPSA) is 128 Å². The summed E-state index contributed by atoms with van der Waals surface area (Å²) in [6.45, 7) is 25.1. The lowest BCUT2D eigenvalue weighted by Crippen LogP contribution is -2.68. The van der Waals surface area contributed by atoms with Crippen molar-refractivity contribution in [3.8, 4) is 11.5 Å². The van der Waals surface area contributed by atoms with Crippen LogP contribution in [0.5, 0.6) is 11.5 Å². The average Bonchev–Trinajstić information content (AvgIpc) is 3.01. The van der Waals surface area contributed by atoms with E-state index in [1.807, 2.05) is 36.9 Å². The third kappa shape index (κ3) is 6.85. The maximum atomic E-state index is 14.0. The molecule has 0 aromatic heterocycles. The molecule has 0 saturated carbocycles. The number of allylic oxidation sites excluding steroid dienone is 2. The molecule has 0 atom stereocenters. The van der Waals surface area contributed by atoms with Gasteiger partial charge >= 0.3 is 0 Å². The monoisotopic (exact) mass is 701 g/mol. The summed E-state index contributed by atoms with van der Waals surface area (Å²) in [5, 5.41) is 2.21. The Morgan fingerprint density at radius 2 is 1.44 bits per heavy atom. The molecule has 3 aromatic rings. The zero-order chi connectivity index (χ0) is 36.9. The van der Waals surface area contributed by atoms with Crippen molar-refractivity contribution in [2.24, 2.45) is 0 Å². The summed E-state index contributed by atoms with van der Waals surface area (Å²) >= 11 is 0. The van der Waals surface area contributed by atoms with Crippen LogP contribution in [0.15, 0.2) is 60.7 Å². The number of rotatable bonds is 6. The van der Waals surface area contributed by atoms with Gasteiger partial charge in [-0.2, -0.15) is 0 Å². The van der Waals surface area contributed by atoms with Crippen molar-refractivity contribution in [3.63, 3.8) is 0 Å². The Bertz CT molecular complexity index is 2030. The second-order valence-electron chi connectivity index (χ2n) is 14.1. The number of anilines is 1. The second kappa shape index (κ2) is 13.6. The van der Waals surface area contributed by atoms with E-state index >= 15 is 0 Å². The molecular formula is C40H48ClN3O6. The van der Waals surface area contributed by atoms with Gasteiger partial charge in [0.05, 0.1) is 11.6 Å². The predicted molar refractivity (Wildman–Crippen MR) is 188 cm³/mol. The van der Waals surface area contributed by atoms with Crippen molar-refractivity contribution in [2.45, 2.75) is 80.3 Å². The van der Waals surface area contributed by atoms with Gasteiger partial charge in [0.2, 0.25) is 5.36 Å². The lowest BCUT2D eigenvalue weighted by Gasteiger charge is -2.43. The number of hydrogen-bond acceptors (Lipinski definition) is 7. The minimum Gasteiger partial charge on any atom is -0.456 e. The van der Waals surface area contributed by atoms with E-state index in [2.05, 4.69) is 107 Å². The highest BCUT2D eigenvalue weighted by Gasteiger charge is 2.36. The van der Waals surface area contributed by atoms with Crippen molar-refractivity contribution in [1.82, 2.24) is 9.48 Å². The number of nitrogens with zero attached hydrogens (tertiary/aromatic N) is 3. The summed E-state index contributed by atoms with van der Waals surface area (Å²) in [5.74, 6) is 1.71. The van der Waals surface area contributed by atoms with Gasteiger partial charge in [-0.25, -0.2) is 23.2 Å². The zero-order valence-electron chi connectivity index (χ0n) is 30.8. The van der Waals surface area contributed by atoms with E-state index in [9.17, 15) is 4.79 Å². The Kier molecular flexibility index (Phi) is 10.2. The first-order chi connectivity index (χ1) is 23.4. The molecule has 1 amide bonds. The Hall–Kier alpha value is -3.99.